The van der Waals surface area contributed by atoms with Crippen molar-refractivity contribution in [3.63, 3.8) is 0 Å². The molecule has 7 aromatic rings. The summed E-state index contributed by atoms with van der Waals surface area (Å²) in [5.41, 5.74) is 23.4. The summed E-state index contributed by atoms with van der Waals surface area (Å²) in [5, 5.41) is 11.8. The lowest BCUT2D eigenvalue weighted by atomic mass is 10.1. The molecule has 68 heavy (non-hydrogen) atoms. The molecule has 7 rings (SSSR count). The van der Waals surface area contributed by atoms with Gasteiger partial charge in [-0.25, -0.2) is 4.79 Å². The lowest BCUT2D eigenvalue weighted by Crippen LogP contribution is -2.14. The maximum Gasteiger partial charge on any atom is 0.330 e. The molecule has 0 radical (unpaired) electrons. The summed E-state index contributed by atoms with van der Waals surface area (Å²) >= 11 is 0. The van der Waals surface area contributed by atoms with E-state index < -0.39 is 83.1 Å². The van der Waals surface area contributed by atoms with Gasteiger partial charge in [-0.15, -0.1) is 0 Å². The van der Waals surface area contributed by atoms with Crippen LogP contribution in [0.4, 0.5) is 39.8 Å². The number of hydrogen-bond acceptors (Lipinski definition) is 19. The summed E-state index contributed by atoms with van der Waals surface area (Å²) in [5.74, 6) is -0.935. The fraction of sp³-hybridized carbons (Fsp3) is 0.0488. The number of hydrazine groups is 3. The van der Waals surface area contributed by atoms with Crippen molar-refractivity contribution < 1.29 is 71.3 Å². The van der Waals surface area contributed by atoms with Gasteiger partial charge in [0.15, 0.2) is 0 Å². The fourth-order valence-electron chi connectivity index (χ4n) is 6.76. The van der Waals surface area contributed by atoms with E-state index in [4.69, 9.17) is 15.2 Å². The Labute approximate surface area is 386 Å². The highest BCUT2D eigenvalue weighted by atomic mass is 32.2. The van der Waals surface area contributed by atoms with Crippen molar-refractivity contribution >= 4 is 119 Å². The molecule has 0 amide bonds. The van der Waals surface area contributed by atoms with Crippen molar-refractivity contribution in [3.8, 4) is 11.5 Å². The lowest BCUT2D eigenvalue weighted by Gasteiger charge is -2.20. The molecular formula is C41H37N7O16S4. The van der Waals surface area contributed by atoms with Crippen molar-refractivity contribution in [1.82, 2.24) is 0 Å². The number of carbonyl (C=O) groups excluding carboxylic acids is 1. The van der Waals surface area contributed by atoms with Gasteiger partial charge in [0.2, 0.25) is 0 Å². The zero-order valence-corrected chi connectivity index (χ0v) is 37.7. The molecule has 0 saturated heterocycles. The largest absolute Gasteiger partial charge is 0.505 e. The number of hydrogen-bond donors (Lipinski definition) is 12. The number of phenols is 1. The average molecular weight is 1010 g/mol. The number of fused-ring (bicyclic) bond motifs is 3. The van der Waals surface area contributed by atoms with Gasteiger partial charge in [-0.3, -0.25) is 23.6 Å². The number of benzene rings is 7. The SMILES string of the molecule is C=CC(=O)OCCOc1ccc(NNc2ccc(NNc3ccc(NNc4c(S(=O)(=O)O)cc5cc(S(=O)(=O)O)c(N)cc5c4O)c4cc(S(=O)(=O)O)ccc34)c3cc(S(=O)(=O)O)ccc23)cc1. The van der Waals surface area contributed by atoms with Crippen LogP contribution < -0.4 is 43.0 Å². The smallest absolute Gasteiger partial charge is 0.330 e. The molecule has 13 N–H and O–H groups in total. The first-order valence-corrected chi connectivity index (χ1v) is 24.9. The van der Waals surface area contributed by atoms with Crippen LogP contribution in [0.25, 0.3) is 32.3 Å². The monoisotopic (exact) mass is 1010 g/mol. The molecule has 0 heterocycles. The molecule has 356 valence electrons. The van der Waals surface area contributed by atoms with E-state index in [-0.39, 0.29) is 57.2 Å². The highest BCUT2D eigenvalue weighted by molar-refractivity contribution is 7.86. The number of nitrogen functional groups attached to an aromatic ring is 1. The molecule has 0 aliphatic heterocycles. The molecule has 0 atom stereocenters. The van der Waals surface area contributed by atoms with Crippen LogP contribution in [0, 0.1) is 0 Å². The third-order valence-corrected chi connectivity index (χ3v) is 13.4. The second-order valence-corrected chi connectivity index (χ2v) is 20.0. The Morgan fingerprint density at radius 3 is 1.50 bits per heavy atom. The molecule has 0 bridgehead atoms. The van der Waals surface area contributed by atoms with Crippen molar-refractivity contribution in [3.05, 3.63) is 116 Å². The second-order valence-electron chi connectivity index (χ2n) is 14.3. The summed E-state index contributed by atoms with van der Waals surface area (Å²) in [6.07, 6.45) is 1.04. The number of anilines is 7. The second kappa shape index (κ2) is 18.6. The van der Waals surface area contributed by atoms with E-state index >= 15 is 0 Å². The standard InChI is InChI=1S/C41H37N7O16S4/c1-2-39(49)64-16-15-63-24-5-3-23(4-6-24)43-44-33-11-13-35(30-19-25(65(51,52)53)7-9-27(30)33)46-45-34-12-14-36(31-20-26(66(54,55)56)8-10-28(31)34)47-48-40-38(68(60,61)62)18-22-17-37(67(57,58)59)32(42)21-29(22)41(40)50/h2-14,17-21,43-48,50H,1,15-16,42H2,(H,51,52,53)(H,54,55,56)(H,57,58,59)(H,60,61,62). The molecule has 27 heteroatoms. The van der Waals surface area contributed by atoms with Crippen molar-refractivity contribution in [2.24, 2.45) is 0 Å². The predicted molar refractivity (Wildman–Crippen MR) is 252 cm³/mol. The Balaban J connectivity index is 1.18. The van der Waals surface area contributed by atoms with Crippen LogP contribution in [0.3, 0.4) is 0 Å². The summed E-state index contributed by atoms with van der Waals surface area (Å²) in [6.45, 7) is 3.45. The molecule has 7 aromatic carbocycles. The molecule has 0 aromatic heterocycles. The molecule has 23 nitrogen and oxygen atoms in total. The van der Waals surface area contributed by atoms with Gasteiger partial charge in [0, 0.05) is 33.0 Å². The minimum atomic E-state index is -5.18. The number of esters is 1. The van der Waals surface area contributed by atoms with E-state index in [9.17, 15) is 61.8 Å². The third kappa shape index (κ3) is 10.6. The van der Waals surface area contributed by atoms with Crippen molar-refractivity contribution in [2.75, 3.05) is 51.5 Å². The van der Waals surface area contributed by atoms with Gasteiger partial charge in [0.05, 0.1) is 43.9 Å². The summed E-state index contributed by atoms with van der Waals surface area (Å²) in [4.78, 5) is 8.46. The Morgan fingerprint density at radius 2 is 1.01 bits per heavy atom. The number of phenolic OH excluding ortho intramolecular Hbond substituents is 1. The molecule has 0 fully saturated rings. The average Bonchev–Trinajstić information content (AvgIpc) is 3.27. The zero-order valence-electron chi connectivity index (χ0n) is 34.5. The number of rotatable bonds is 18. The molecule has 0 spiro atoms. The Hall–Kier alpha value is -7.63. The lowest BCUT2D eigenvalue weighted by molar-refractivity contribution is -0.138. The maximum atomic E-state index is 12.5. The number of nitrogens with one attached hydrogen (secondary N) is 6. The highest BCUT2D eigenvalue weighted by Crippen LogP contribution is 2.42. The summed E-state index contributed by atoms with van der Waals surface area (Å²) in [6, 6.07) is 22.6. The first kappa shape index (κ1) is 48.3. The first-order valence-electron chi connectivity index (χ1n) is 19.1. The Morgan fingerprint density at radius 1 is 0.544 bits per heavy atom. The fourth-order valence-corrected chi connectivity index (χ4v) is 9.09. The van der Waals surface area contributed by atoms with Gasteiger partial charge < -0.3 is 47.4 Å². The van der Waals surface area contributed by atoms with Crippen molar-refractivity contribution in [1.29, 1.82) is 0 Å². The van der Waals surface area contributed by atoms with E-state index in [1.165, 1.54) is 36.4 Å². The maximum absolute atomic E-state index is 12.5. The van der Waals surface area contributed by atoms with E-state index in [0.717, 1.165) is 36.4 Å². The quantitative estimate of drug-likeness (QED) is 0.00912. The Bertz CT molecular complexity index is 3650. The van der Waals surface area contributed by atoms with Crippen LogP contribution in [0.15, 0.2) is 135 Å². The first-order chi connectivity index (χ1) is 31.9. The minimum absolute atomic E-state index is 0.00190. The topological polar surface area (TPSA) is 371 Å². The molecule has 0 unspecified atom stereocenters. The van der Waals surface area contributed by atoms with Gasteiger partial charge in [-0.2, -0.15) is 33.7 Å². The van der Waals surface area contributed by atoms with Gasteiger partial charge in [-0.1, -0.05) is 18.7 Å². The highest BCUT2D eigenvalue weighted by Gasteiger charge is 2.25. The molecule has 0 saturated carbocycles. The van der Waals surface area contributed by atoms with E-state index in [1.54, 1.807) is 36.4 Å². The number of carbonyl (C=O) groups is 1. The van der Waals surface area contributed by atoms with E-state index in [1.807, 2.05) is 0 Å². The van der Waals surface area contributed by atoms with Crippen molar-refractivity contribution in [2.45, 2.75) is 19.6 Å². The number of aromatic hydroxyl groups is 1. The van der Waals surface area contributed by atoms with Gasteiger partial charge in [0.1, 0.15) is 40.2 Å². The normalized spacial score (nSPS) is 12.1. The van der Waals surface area contributed by atoms with Crippen LogP contribution in [0.2, 0.25) is 0 Å². The number of ether oxygens (including phenoxy) is 2. The zero-order chi connectivity index (χ0) is 49.3. The summed E-state index contributed by atoms with van der Waals surface area (Å²) in [7, 11) is -19.6. The van der Waals surface area contributed by atoms with Crippen LogP contribution in [-0.4, -0.2) is 76.2 Å². The molecule has 0 aliphatic rings. The van der Waals surface area contributed by atoms with E-state index in [2.05, 4.69) is 39.1 Å². The van der Waals surface area contributed by atoms with Gasteiger partial charge in [-0.05, 0) is 96.4 Å². The minimum Gasteiger partial charge on any atom is -0.505 e. The predicted octanol–water partition coefficient (Wildman–Crippen LogP) is 5.85. The third-order valence-electron chi connectivity index (χ3n) is 9.95. The van der Waals surface area contributed by atoms with E-state index in [0.29, 0.717) is 22.5 Å². The van der Waals surface area contributed by atoms with Gasteiger partial charge >= 0.3 is 5.97 Å². The molecular weight excluding hydrogens is 975 g/mol. The Kier molecular flexibility index (Phi) is 13.2. The molecule has 0 aliphatic carbocycles. The van der Waals surface area contributed by atoms with Crippen LogP contribution in [-0.2, 0) is 50.0 Å². The number of nitrogens with two attached hydrogens (primary N) is 1. The van der Waals surface area contributed by atoms with Crippen LogP contribution in [0.1, 0.15) is 0 Å². The van der Waals surface area contributed by atoms with Crippen LogP contribution >= 0.6 is 0 Å². The summed E-state index contributed by atoms with van der Waals surface area (Å²) < 4.78 is 148. The van der Waals surface area contributed by atoms with Crippen LogP contribution in [0.5, 0.6) is 11.5 Å². The van der Waals surface area contributed by atoms with Gasteiger partial charge in [0.25, 0.3) is 40.5 Å².